The summed E-state index contributed by atoms with van der Waals surface area (Å²) in [4.78, 5) is 17.8. The molecule has 4 nitrogen and oxygen atoms in total. The Morgan fingerprint density at radius 2 is 1.59 bits per heavy atom. The maximum absolute atomic E-state index is 13.1. The Kier molecular flexibility index (Phi) is 4.60. The van der Waals surface area contributed by atoms with E-state index in [2.05, 4.69) is 20.9 Å². The second-order valence-corrected chi connectivity index (χ2v) is 6.92. The molecule has 1 heterocycles. The van der Waals surface area contributed by atoms with Gasteiger partial charge < -0.3 is 5.11 Å². The summed E-state index contributed by atoms with van der Waals surface area (Å²) in [5.41, 5.74) is 1.77. The van der Waals surface area contributed by atoms with Crippen molar-refractivity contribution >= 4 is 39.0 Å². The summed E-state index contributed by atoms with van der Waals surface area (Å²) < 4.78 is 2.43. The van der Waals surface area contributed by atoms with Crippen LogP contribution in [0.3, 0.4) is 0 Å². The van der Waals surface area contributed by atoms with E-state index < -0.39 is 0 Å². The minimum absolute atomic E-state index is 0.0231. The highest BCUT2D eigenvalue weighted by atomic mass is 79.9. The van der Waals surface area contributed by atoms with E-state index in [1.807, 2.05) is 42.5 Å². The summed E-state index contributed by atoms with van der Waals surface area (Å²) >= 11 is 3.42. The number of nitrogens with zero attached hydrogens (tertiary/aromatic N) is 2. The maximum Gasteiger partial charge on any atom is 0.266 e. The van der Waals surface area contributed by atoms with E-state index in [1.54, 1.807) is 42.5 Å². The molecule has 0 fully saturated rings. The van der Waals surface area contributed by atoms with Gasteiger partial charge in [-0.15, -0.1) is 0 Å². The van der Waals surface area contributed by atoms with Crippen molar-refractivity contribution in [3.8, 4) is 11.4 Å². The Balaban J connectivity index is 1.95. The summed E-state index contributed by atoms with van der Waals surface area (Å²) in [7, 11) is 0. The van der Waals surface area contributed by atoms with Crippen LogP contribution in [0.1, 0.15) is 11.4 Å². The highest BCUT2D eigenvalue weighted by Crippen LogP contribution is 2.22. The fraction of sp³-hybridized carbons (Fsp3) is 0. The largest absolute Gasteiger partial charge is 0.506 e. The van der Waals surface area contributed by atoms with Gasteiger partial charge in [-0.25, -0.2) is 4.98 Å². The predicted octanol–water partition coefficient (Wildman–Crippen LogP) is 5.02. The highest BCUT2D eigenvalue weighted by Gasteiger charge is 2.13. The number of phenolic OH excluding ortho intramolecular Hbond substituents is 1. The molecule has 0 radical (unpaired) electrons. The highest BCUT2D eigenvalue weighted by molar-refractivity contribution is 9.10. The molecule has 4 aromatic rings. The molecule has 1 aromatic heterocycles. The van der Waals surface area contributed by atoms with Crippen LogP contribution in [-0.2, 0) is 0 Å². The van der Waals surface area contributed by atoms with Gasteiger partial charge in [0.25, 0.3) is 5.56 Å². The number of aromatic hydroxyl groups is 1. The predicted molar refractivity (Wildman–Crippen MR) is 112 cm³/mol. The minimum atomic E-state index is -0.224. The average molecular weight is 419 g/mol. The van der Waals surface area contributed by atoms with E-state index in [0.29, 0.717) is 22.4 Å². The Labute approximate surface area is 164 Å². The van der Waals surface area contributed by atoms with Gasteiger partial charge in [-0.05, 0) is 48.0 Å². The molecule has 0 bridgehead atoms. The number of fused-ring (bicyclic) bond motifs is 1. The summed E-state index contributed by atoms with van der Waals surface area (Å²) in [5, 5.41) is 10.8. The fourth-order valence-corrected chi connectivity index (χ4v) is 3.16. The lowest BCUT2D eigenvalue weighted by molar-refractivity contribution is 0.471. The molecule has 0 spiro atoms. The van der Waals surface area contributed by atoms with E-state index in [-0.39, 0.29) is 11.3 Å². The molecular weight excluding hydrogens is 404 g/mol. The lowest BCUT2D eigenvalue weighted by Crippen LogP contribution is -2.22. The fourth-order valence-electron chi connectivity index (χ4n) is 2.89. The topological polar surface area (TPSA) is 55.1 Å². The maximum atomic E-state index is 13.1. The molecule has 0 saturated carbocycles. The van der Waals surface area contributed by atoms with E-state index in [1.165, 1.54) is 4.57 Å². The number of halogens is 1. The van der Waals surface area contributed by atoms with Crippen LogP contribution >= 0.6 is 15.9 Å². The van der Waals surface area contributed by atoms with Gasteiger partial charge in [0.05, 0.1) is 16.6 Å². The first kappa shape index (κ1) is 17.2. The normalized spacial score (nSPS) is 11.3. The molecule has 1 N–H and O–H groups in total. The van der Waals surface area contributed by atoms with Crippen LogP contribution in [0, 0.1) is 0 Å². The van der Waals surface area contributed by atoms with Crippen molar-refractivity contribution in [1.29, 1.82) is 0 Å². The summed E-state index contributed by atoms with van der Waals surface area (Å²) in [6.07, 6.45) is 3.67. The van der Waals surface area contributed by atoms with Gasteiger partial charge in [0.1, 0.15) is 11.6 Å². The summed E-state index contributed by atoms with van der Waals surface area (Å²) in [6, 6.07) is 21.8. The SMILES string of the molecule is O=c1c2ccccc2nc(C=Cc2ccc(Br)cc2)n1-c1ccccc1O. The number of para-hydroxylation sites is 3. The van der Waals surface area contributed by atoms with Gasteiger partial charge in [0, 0.05) is 4.47 Å². The van der Waals surface area contributed by atoms with Gasteiger partial charge >= 0.3 is 0 Å². The van der Waals surface area contributed by atoms with Crippen molar-refractivity contribution < 1.29 is 5.11 Å². The van der Waals surface area contributed by atoms with E-state index in [4.69, 9.17) is 0 Å². The van der Waals surface area contributed by atoms with Crippen molar-refractivity contribution in [1.82, 2.24) is 9.55 Å². The van der Waals surface area contributed by atoms with Crippen molar-refractivity contribution in [3.05, 3.63) is 99.0 Å². The van der Waals surface area contributed by atoms with Crippen LogP contribution in [0.15, 0.2) is 82.1 Å². The number of phenols is 1. The molecule has 0 aliphatic rings. The van der Waals surface area contributed by atoms with Crippen molar-refractivity contribution in [2.75, 3.05) is 0 Å². The summed E-state index contributed by atoms with van der Waals surface area (Å²) in [5.74, 6) is 0.470. The van der Waals surface area contributed by atoms with Gasteiger partial charge in [-0.1, -0.05) is 58.4 Å². The van der Waals surface area contributed by atoms with E-state index >= 15 is 0 Å². The third kappa shape index (κ3) is 3.41. The third-order valence-electron chi connectivity index (χ3n) is 4.22. The van der Waals surface area contributed by atoms with E-state index in [0.717, 1.165) is 10.0 Å². The molecule has 27 heavy (non-hydrogen) atoms. The van der Waals surface area contributed by atoms with Crippen LogP contribution in [-0.4, -0.2) is 14.7 Å². The Morgan fingerprint density at radius 3 is 2.37 bits per heavy atom. The number of hydrogen-bond acceptors (Lipinski definition) is 3. The first-order chi connectivity index (χ1) is 13.1. The Morgan fingerprint density at radius 1 is 0.889 bits per heavy atom. The van der Waals surface area contributed by atoms with E-state index in [9.17, 15) is 9.90 Å². The zero-order valence-corrected chi connectivity index (χ0v) is 15.8. The van der Waals surface area contributed by atoms with Gasteiger partial charge in [-0.3, -0.25) is 9.36 Å². The molecule has 0 atom stereocenters. The molecule has 4 rings (SSSR count). The van der Waals surface area contributed by atoms with Crippen molar-refractivity contribution in [3.63, 3.8) is 0 Å². The molecule has 132 valence electrons. The lowest BCUT2D eigenvalue weighted by atomic mass is 10.2. The van der Waals surface area contributed by atoms with Gasteiger partial charge in [0.2, 0.25) is 0 Å². The van der Waals surface area contributed by atoms with Gasteiger partial charge in [-0.2, -0.15) is 0 Å². The third-order valence-corrected chi connectivity index (χ3v) is 4.75. The molecule has 0 saturated heterocycles. The average Bonchev–Trinajstić information content (AvgIpc) is 2.69. The van der Waals surface area contributed by atoms with Crippen molar-refractivity contribution in [2.24, 2.45) is 0 Å². The molecule has 0 unspecified atom stereocenters. The molecule has 0 aliphatic heterocycles. The first-order valence-electron chi connectivity index (χ1n) is 8.37. The number of rotatable bonds is 3. The van der Waals surface area contributed by atoms with Gasteiger partial charge in [0.15, 0.2) is 0 Å². The molecular formula is C22H15BrN2O2. The number of benzene rings is 3. The zero-order valence-electron chi connectivity index (χ0n) is 14.2. The lowest BCUT2D eigenvalue weighted by Gasteiger charge is -2.12. The monoisotopic (exact) mass is 418 g/mol. The Bertz CT molecular complexity index is 1210. The minimum Gasteiger partial charge on any atom is -0.506 e. The summed E-state index contributed by atoms with van der Waals surface area (Å²) in [6.45, 7) is 0. The first-order valence-corrected chi connectivity index (χ1v) is 9.16. The molecule has 0 amide bonds. The quantitative estimate of drug-likeness (QED) is 0.507. The van der Waals surface area contributed by atoms with Crippen LogP contribution in [0.2, 0.25) is 0 Å². The van der Waals surface area contributed by atoms with Crippen LogP contribution in [0.5, 0.6) is 5.75 Å². The standard InChI is InChI=1S/C22H15BrN2O2/c23-16-12-9-15(10-13-16)11-14-21-24-18-6-2-1-5-17(18)22(27)25(21)19-7-3-4-8-20(19)26/h1-14,26H. The molecule has 5 heteroatoms. The van der Waals surface area contributed by atoms with Crippen LogP contribution in [0.25, 0.3) is 28.7 Å². The number of hydrogen-bond donors (Lipinski definition) is 1. The molecule has 3 aromatic carbocycles. The second-order valence-electron chi connectivity index (χ2n) is 6.00. The second kappa shape index (κ2) is 7.21. The zero-order chi connectivity index (χ0) is 18.8. The van der Waals surface area contributed by atoms with Crippen LogP contribution in [0.4, 0.5) is 0 Å². The number of aromatic nitrogens is 2. The molecule has 0 aliphatic carbocycles. The van der Waals surface area contributed by atoms with Crippen LogP contribution < -0.4 is 5.56 Å². The smallest absolute Gasteiger partial charge is 0.266 e. The Hall–Kier alpha value is -3.18. The van der Waals surface area contributed by atoms with Crippen molar-refractivity contribution in [2.45, 2.75) is 0 Å².